The largest absolute Gasteiger partial charge is 0.433 e. The molecule has 0 atom stereocenters. The number of pyridine rings is 1. The van der Waals surface area contributed by atoms with Crippen molar-refractivity contribution in [2.24, 2.45) is 0 Å². The van der Waals surface area contributed by atoms with Gasteiger partial charge >= 0.3 is 6.18 Å². The van der Waals surface area contributed by atoms with Gasteiger partial charge in [0.2, 0.25) is 5.95 Å². The molecule has 0 amide bonds. The third-order valence-corrected chi connectivity index (χ3v) is 4.20. The number of aromatic nitrogens is 3. The van der Waals surface area contributed by atoms with Crippen molar-refractivity contribution < 1.29 is 13.2 Å². The number of piperazine rings is 1. The molecule has 0 spiro atoms. The molecule has 3 heterocycles. The molecule has 2 aromatic rings. The van der Waals surface area contributed by atoms with Gasteiger partial charge in [0, 0.05) is 56.7 Å². The minimum absolute atomic E-state index is 0.164. The molecular weight excluding hydrogens is 331 g/mol. The van der Waals surface area contributed by atoms with Crippen molar-refractivity contribution in [2.75, 3.05) is 37.6 Å². The molecule has 1 aliphatic rings. The van der Waals surface area contributed by atoms with E-state index in [4.69, 9.17) is 0 Å². The summed E-state index contributed by atoms with van der Waals surface area (Å²) in [6.45, 7) is 5.21. The van der Waals surface area contributed by atoms with Crippen molar-refractivity contribution in [2.45, 2.75) is 19.5 Å². The van der Waals surface area contributed by atoms with Gasteiger partial charge < -0.3 is 4.90 Å². The first-order valence-electron chi connectivity index (χ1n) is 8.22. The molecule has 0 aromatic carbocycles. The van der Waals surface area contributed by atoms with E-state index in [-0.39, 0.29) is 5.95 Å². The third kappa shape index (κ3) is 4.66. The first-order valence-corrected chi connectivity index (χ1v) is 8.22. The first-order chi connectivity index (χ1) is 11.9. The maximum atomic E-state index is 12.9. The minimum atomic E-state index is -4.45. The van der Waals surface area contributed by atoms with Crippen LogP contribution in [-0.2, 0) is 12.6 Å². The van der Waals surface area contributed by atoms with Crippen molar-refractivity contribution in [3.63, 3.8) is 0 Å². The summed E-state index contributed by atoms with van der Waals surface area (Å²) in [6, 6.07) is 6.83. The van der Waals surface area contributed by atoms with Crippen LogP contribution in [0.15, 0.2) is 30.5 Å². The lowest BCUT2D eigenvalue weighted by Crippen LogP contribution is -2.47. The van der Waals surface area contributed by atoms with E-state index in [1.54, 1.807) is 13.1 Å². The van der Waals surface area contributed by atoms with E-state index in [0.29, 0.717) is 18.8 Å². The molecule has 1 saturated heterocycles. The molecule has 8 heteroatoms. The smallest absolute Gasteiger partial charge is 0.338 e. The molecule has 0 bridgehead atoms. The summed E-state index contributed by atoms with van der Waals surface area (Å²) in [7, 11) is 0. The van der Waals surface area contributed by atoms with Crippen LogP contribution in [0.2, 0.25) is 0 Å². The van der Waals surface area contributed by atoms with Gasteiger partial charge in [-0.1, -0.05) is 6.07 Å². The zero-order valence-corrected chi connectivity index (χ0v) is 14.0. The average Bonchev–Trinajstić information content (AvgIpc) is 2.60. The number of anilines is 1. The van der Waals surface area contributed by atoms with Crippen LogP contribution in [0.4, 0.5) is 19.1 Å². The lowest BCUT2D eigenvalue weighted by Gasteiger charge is -2.34. The second kappa shape index (κ2) is 7.35. The van der Waals surface area contributed by atoms with Gasteiger partial charge in [0.1, 0.15) is 5.69 Å². The fourth-order valence-electron chi connectivity index (χ4n) is 2.83. The SMILES string of the molecule is Cc1cc(C(F)(F)F)nc(N2CCN(CCc3ccccn3)CC2)n1. The first kappa shape index (κ1) is 17.6. The Bertz CT molecular complexity index is 697. The number of hydrogen-bond acceptors (Lipinski definition) is 5. The standard InChI is InChI=1S/C17H20F3N5/c1-13-12-15(17(18,19)20)23-16(22-13)25-10-8-24(9-11-25)7-5-14-4-2-3-6-21-14/h2-4,6,12H,5,7-11H2,1H3. The average molecular weight is 351 g/mol. The van der Waals surface area contributed by atoms with Gasteiger partial charge in [0.25, 0.3) is 0 Å². The van der Waals surface area contributed by atoms with Crippen LogP contribution in [0.1, 0.15) is 17.1 Å². The summed E-state index contributed by atoms with van der Waals surface area (Å²) in [6.07, 6.45) is -1.81. The molecule has 5 nitrogen and oxygen atoms in total. The Balaban J connectivity index is 1.58. The van der Waals surface area contributed by atoms with E-state index in [1.807, 2.05) is 23.1 Å². The Morgan fingerprint density at radius 2 is 1.84 bits per heavy atom. The minimum Gasteiger partial charge on any atom is -0.338 e. The molecule has 1 fully saturated rings. The molecule has 25 heavy (non-hydrogen) atoms. The number of aryl methyl sites for hydroxylation is 1. The molecule has 1 aliphatic heterocycles. The quantitative estimate of drug-likeness (QED) is 0.847. The maximum Gasteiger partial charge on any atom is 0.433 e. The van der Waals surface area contributed by atoms with E-state index < -0.39 is 11.9 Å². The molecule has 0 N–H and O–H groups in total. The van der Waals surface area contributed by atoms with Gasteiger partial charge in [-0.25, -0.2) is 9.97 Å². The van der Waals surface area contributed by atoms with Gasteiger partial charge in [0.15, 0.2) is 0 Å². The molecule has 0 saturated carbocycles. The number of alkyl halides is 3. The van der Waals surface area contributed by atoms with Crippen LogP contribution in [0.25, 0.3) is 0 Å². The normalized spacial score (nSPS) is 16.2. The van der Waals surface area contributed by atoms with Crippen LogP contribution in [-0.4, -0.2) is 52.6 Å². The van der Waals surface area contributed by atoms with E-state index in [9.17, 15) is 13.2 Å². The topological polar surface area (TPSA) is 45.2 Å². The molecule has 0 aliphatic carbocycles. The maximum absolute atomic E-state index is 12.9. The van der Waals surface area contributed by atoms with Crippen molar-refractivity contribution in [3.05, 3.63) is 47.5 Å². The molecule has 0 unspecified atom stereocenters. The predicted octanol–water partition coefficient (Wildman–Crippen LogP) is 2.56. The van der Waals surface area contributed by atoms with Gasteiger partial charge in [-0.2, -0.15) is 13.2 Å². The number of rotatable bonds is 4. The highest BCUT2D eigenvalue weighted by Crippen LogP contribution is 2.29. The van der Waals surface area contributed by atoms with E-state index in [1.165, 1.54) is 0 Å². The summed E-state index contributed by atoms with van der Waals surface area (Å²) in [5.74, 6) is 0.164. The van der Waals surface area contributed by atoms with E-state index >= 15 is 0 Å². The fraction of sp³-hybridized carbons (Fsp3) is 0.471. The van der Waals surface area contributed by atoms with Gasteiger partial charge in [-0.3, -0.25) is 9.88 Å². The lowest BCUT2D eigenvalue weighted by atomic mass is 10.2. The fourth-order valence-corrected chi connectivity index (χ4v) is 2.83. The van der Waals surface area contributed by atoms with Crippen LogP contribution in [0, 0.1) is 6.92 Å². The van der Waals surface area contributed by atoms with E-state index in [0.717, 1.165) is 37.8 Å². The van der Waals surface area contributed by atoms with Gasteiger partial charge in [0.05, 0.1) is 0 Å². The Labute approximate surface area is 144 Å². The Morgan fingerprint density at radius 3 is 2.48 bits per heavy atom. The van der Waals surface area contributed by atoms with Crippen LogP contribution in [0.5, 0.6) is 0 Å². The number of halogens is 3. The molecular formula is C17H20F3N5. The lowest BCUT2D eigenvalue weighted by molar-refractivity contribution is -0.141. The van der Waals surface area contributed by atoms with Crippen molar-refractivity contribution >= 4 is 5.95 Å². The summed E-state index contributed by atoms with van der Waals surface area (Å²) < 4.78 is 38.7. The van der Waals surface area contributed by atoms with E-state index in [2.05, 4.69) is 19.9 Å². The second-order valence-corrected chi connectivity index (χ2v) is 6.09. The zero-order valence-electron chi connectivity index (χ0n) is 14.0. The number of nitrogens with zero attached hydrogens (tertiary/aromatic N) is 5. The predicted molar refractivity (Wildman–Crippen MR) is 88.4 cm³/mol. The summed E-state index contributed by atoms with van der Waals surface area (Å²) >= 11 is 0. The van der Waals surface area contributed by atoms with Crippen molar-refractivity contribution in [1.29, 1.82) is 0 Å². The molecule has 2 aromatic heterocycles. The monoisotopic (exact) mass is 351 g/mol. The van der Waals surface area contributed by atoms with Gasteiger partial charge in [-0.05, 0) is 25.1 Å². The van der Waals surface area contributed by atoms with Crippen LogP contribution < -0.4 is 4.90 Å². The van der Waals surface area contributed by atoms with Gasteiger partial charge in [-0.15, -0.1) is 0 Å². The second-order valence-electron chi connectivity index (χ2n) is 6.09. The Morgan fingerprint density at radius 1 is 1.08 bits per heavy atom. The summed E-state index contributed by atoms with van der Waals surface area (Å²) in [4.78, 5) is 16.3. The third-order valence-electron chi connectivity index (χ3n) is 4.20. The summed E-state index contributed by atoms with van der Waals surface area (Å²) in [5.41, 5.74) is 0.490. The highest BCUT2D eigenvalue weighted by atomic mass is 19.4. The highest BCUT2D eigenvalue weighted by Gasteiger charge is 2.34. The van der Waals surface area contributed by atoms with Crippen LogP contribution >= 0.6 is 0 Å². The molecule has 134 valence electrons. The van der Waals surface area contributed by atoms with Crippen LogP contribution in [0.3, 0.4) is 0 Å². The number of hydrogen-bond donors (Lipinski definition) is 0. The molecule has 0 radical (unpaired) electrons. The van der Waals surface area contributed by atoms with Crippen molar-refractivity contribution in [3.8, 4) is 0 Å². The molecule has 3 rings (SSSR count). The van der Waals surface area contributed by atoms with Crippen molar-refractivity contribution in [1.82, 2.24) is 19.9 Å². The highest BCUT2D eigenvalue weighted by molar-refractivity contribution is 5.33. The Kier molecular flexibility index (Phi) is 5.17. The zero-order chi connectivity index (χ0) is 17.9. The summed E-state index contributed by atoms with van der Waals surface area (Å²) in [5, 5.41) is 0. The Hall–Kier alpha value is -2.22.